The number of hydrogen-bond acceptors (Lipinski definition) is 2. The Kier molecular flexibility index (Phi) is 5.83. The molecule has 0 heterocycles. The second-order valence-electron chi connectivity index (χ2n) is 6.71. The van der Waals surface area contributed by atoms with E-state index in [9.17, 15) is 0 Å². The summed E-state index contributed by atoms with van der Waals surface area (Å²) >= 11 is 11.9. The Morgan fingerprint density at radius 1 is 1.00 bits per heavy atom. The van der Waals surface area contributed by atoms with Crippen molar-refractivity contribution < 1.29 is 4.74 Å². The summed E-state index contributed by atoms with van der Waals surface area (Å²) in [4.78, 5) is 0. The SMILES string of the molecule is CC(CNc1ccc(Cl)c(Cl)c1)Oc1ccc(C(C)(C)C)cc1. The van der Waals surface area contributed by atoms with Gasteiger partial charge < -0.3 is 10.1 Å². The lowest BCUT2D eigenvalue weighted by Crippen LogP contribution is -2.22. The molecule has 0 spiro atoms. The van der Waals surface area contributed by atoms with E-state index >= 15 is 0 Å². The zero-order chi connectivity index (χ0) is 17.0. The van der Waals surface area contributed by atoms with E-state index in [4.69, 9.17) is 27.9 Å². The molecular formula is C19H23Cl2NO. The van der Waals surface area contributed by atoms with Crippen LogP contribution in [-0.2, 0) is 5.41 Å². The first-order chi connectivity index (χ1) is 10.8. The first-order valence-electron chi connectivity index (χ1n) is 7.72. The molecule has 0 aliphatic carbocycles. The second kappa shape index (κ2) is 7.46. The van der Waals surface area contributed by atoms with Crippen molar-refractivity contribution >= 4 is 28.9 Å². The van der Waals surface area contributed by atoms with Crippen LogP contribution in [0.4, 0.5) is 5.69 Å². The van der Waals surface area contributed by atoms with E-state index in [1.54, 1.807) is 6.07 Å². The van der Waals surface area contributed by atoms with Crippen LogP contribution >= 0.6 is 23.2 Å². The van der Waals surface area contributed by atoms with Crippen LogP contribution in [-0.4, -0.2) is 12.6 Å². The molecule has 2 rings (SSSR count). The Labute approximate surface area is 148 Å². The summed E-state index contributed by atoms with van der Waals surface area (Å²) in [6, 6.07) is 13.8. The lowest BCUT2D eigenvalue weighted by atomic mass is 9.87. The van der Waals surface area contributed by atoms with E-state index in [1.807, 2.05) is 31.2 Å². The Hall–Kier alpha value is -1.38. The predicted molar refractivity (Wildman–Crippen MR) is 100 cm³/mol. The molecule has 0 aliphatic rings. The van der Waals surface area contributed by atoms with Gasteiger partial charge in [-0.25, -0.2) is 0 Å². The van der Waals surface area contributed by atoms with Gasteiger partial charge in [-0.3, -0.25) is 0 Å². The maximum atomic E-state index is 6.01. The van der Waals surface area contributed by atoms with E-state index in [0.29, 0.717) is 16.6 Å². The van der Waals surface area contributed by atoms with Crippen molar-refractivity contribution in [3.05, 3.63) is 58.1 Å². The van der Waals surface area contributed by atoms with Gasteiger partial charge in [0.05, 0.1) is 16.6 Å². The third-order valence-electron chi connectivity index (χ3n) is 3.57. The van der Waals surface area contributed by atoms with E-state index in [-0.39, 0.29) is 11.5 Å². The number of rotatable bonds is 5. The Morgan fingerprint density at radius 3 is 2.22 bits per heavy atom. The standard InChI is InChI=1S/C19H23Cl2NO/c1-13(12-22-15-7-10-17(20)18(21)11-15)23-16-8-5-14(6-9-16)19(2,3)4/h5-11,13,22H,12H2,1-4H3. The molecule has 1 atom stereocenters. The van der Waals surface area contributed by atoms with E-state index in [1.165, 1.54) is 5.56 Å². The van der Waals surface area contributed by atoms with Crippen LogP contribution in [0.15, 0.2) is 42.5 Å². The predicted octanol–water partition coefficient (Wildman–Crippen LogP) is 6.17. The zero-order valence-corrected chi connectivity index (χ0v) is 15.5. The second-order valence-corrected chi connectivity index (χ2v) is 7.53. The van der Waals surface area contributed by atoms with Crippen LogP contribution in [0.2, 0.25) is 10.0 Å². The van der Waals surface area contributed by atoms with Crippen molar-refractivity contribution in [1.82, 2.24) is 0 Å². The van der Waals surface area contributed by atoms with Crippen LogP contribution < -0.4 is 10.1 Å². The van der Waals surface area contributed by atoms with Gasteiger partial charge >= 0.3 is 0 Å². The molecule has 0 saturated carbocycles. The number of benzene rings is 2. The van der Waals surface area contributed by atoms with Gasteiger partial charge in [0, 0.05) is 5.69 Å². The Balaban J connectivity index is 1.89. The summed E-state index contributed by atoms with van der Waals surface area (Å²) in [5, 5.41) is 4.40. The molecule has 2 nitrogen and oxygen atoms in total. The highest BCUT2D eigenvalue weighted by atomic mass is 35.5. The molecule has 0 aromatic heterocycles. The fourth-order valence-corrected chi connectivity index (χ4v) is 2.47. The van der Waals surface area contributed by atoms with E-state index in [0.717, 1.165) is 11.4 Å². The van der Waals surface area contributed by atoms with E-state index < -0.39 is 0 Å². The van der Waals surface area contributed by atoms with Gasteiger partial charge in [0.15, 0.2) is 0 Å². The van der Waals surface area contributed by atoms with Crippen LogP contribution in [0.3, 0.4) is 0 Å². The number of hydrogen-bond donors (Lipinski definition) is 1. The van der Waals surface area contributed by atoms with Gasteiger partial charge in [0.1, 0.15) is 11.9 Å². The van der Waals surface area contributed by atoms with Crippen LogP contribution in [0.1, 0.15) is 33.3 Å². The summed E-state index contributed by atoms with van der Waals surface area (Å²) < 4.78 is 5.94. The average Bonchev–Trinajstić information content (AvgIpc) is 2.48. The molecule has 1 N–H and O–H groups in total. The number of nitrogens with one attached hydrogen (secondary N) is 1. The summed E-state index contributed by atoms with van der Waals surface area (Å²) in [5.74, 6) is 0.876. The number of halogens is 2. The molecular weight excluding hydrogens is 329 g/mol. The smallest absolute Gasteiger partial charge is 0.119 e. The first-order valence-corrected chi connectivity index (χ1v) is 8.47. The fourth-order valence-electron chi connectivity index (χ4n) is 2.18. The molecule has 2 aromatic rings. The highest BCUT2D eigenvalue weighted by Gasteiger charge is 2.13. The van der Waals surface area contributed by atoms with Gasteiger partial charge in [0.2, 0.25) is 0 Å². The van der Waals surface area contributed by atoms with Gasteiger partial charge in [-0.05, 0) is 48.2 Å². The number of anilines is 1. The Bertz CT molecular complexity index is 647. The van der Waals surface area contributed by atoms with Crippen molar-refractivity contribution in [3.8, 4) is 5.75 Å². The molecule has 0 bridgehead atoms. The third kappa shape index (κ3) is 5.33. The van der Waals surface area contributed by atoms with Crippen molar-refractivity contribution in [2.24, 2.45) is 0 Å². The Morgan fingerprint density at radius 2 is 1.65 bits per heavy atom. The van der Waals surface area contributed by atoms with Crippen LogP contribution in [0.5, 0.6) is 5.75 Å². The third-order valence-corrected chi connectivity index (χ3v) is 4.31. The monoisotopic (exact) mass is 351 g/mol. The summed E-state index contributed by atoms with van der Waals surface area (Å²) in [7, 11) is 0. The fraction of sp³-hybridized carbons (Fsp3) is 0.368. The highest BCUT2D eigenvalue weighted by Crippen LogP contribution is 2.26. The topological polar surface area (TPSA) is 21.3 Å². The lowest BCUT2D eigenvalue weighted by Gasteiger charge is -2.20. The first kappa shape index (κ1) is 18.0. The molecule has 124 valence electrons. The molecule has 0 radical (unpaired) electrons. The summed E-state index contributed by atoms with van der Waals surface area (Å²) in [5.41, 5.74) is 2.38. The van der Waals surface area contributed by atoms with Crippen molar-refractivity contribution in [2.75, 3.05) is 11.9 Å². The van der Waals surface area contributed by atoms with Crippen molar-refractivity contribution in [2.45, 2.75) is 39.2 Å². The molecule has 0 amide bonds. The molecule has 1 unspecified atom stereocenters. The maximum Gasteiger partial charge on any atom is 0.119 e. The van der Waals surface area contributed by atoms with Gasteiger partial charge in [-0.2, -0.15) is 0 Å². The van der Waals surface area contributed by atoms with Gasteiger partial charge in [-0.1, -0.05) is 56.1 Å². The zero-order valence-electron chi connectivity index (χ0n) is 14.0. The average molecular weight is 352 g/mol. The lowest BCUT2D eigenvalue weighted by molar-refractivity contribution is 0.234. The van der Waals surface area contributed by atoms with Crippen LogP contribution in [0, 0.1) is 0 Å². The highest BCUT2D eigenvalue weighted by molar-refractivity contribution is 6.42. The summed E-state index contributed by atoms with van der Waals surface area (Å²) in [6.07, 6.45) is 0.0324. The molecule has 2 aromatic carbocycles. The van der Waals surface area contributed by atoms with E-state index in [2.05, 4.69) is 38.2 Å². The molecule has 23 heavy (non-hydrogen) atoms. The van der Waals surface area contributed by atoms with Crippen molar-refractivity contribution in [3.63, 3.8) is 0 Å². The molecule has 0 aliphatic heterocycles. The van der Waals surface area contributed by atoms with Gasteiger partial charge in [0.25, 0.3) is 0 Å². The quantitative estimate of drug-likeness (QED) is 0.695. The minimum atomic E-state index is 0.0324. The molecule has 0 fully saturated rings. The normalized spacial score (nSPS) is 12.8. The van der Waals surface area contributed by atoms with Crippen LogP contribution in [0.25, 0.3) is 0 Å². The summed E-state index contributed by atoms with van der Waals surface area (Å²) in [6.45, 7) is 9.31. The van der Waals surface area contributed by atoms with Gasteiger partial charge in [-0.15, -0.1) is 0 Å². The minimum Gasteiger partial charge on any atom is -0.489 e. The molecule has 4 heteroatoms. The largest absolute Gasteiger partial charge is 0.489 e. The molecule has 0 saturated heterocycles. The maximum absolute atomic E-state index is 6.01. The number of ether oxygens (including phenoxy) is 1. The minimum absolute atomic E-state index is 0.0324. The van der Waals surface area contributed by atoms with Crippen molar-refractivity contribution in [1.29, 1.82) is 0 Å².